The number of aliphatic hydroxyl groups is 1. The van der Waals surface area contributed by atoms with Crippen LogP contribution in [0.25, 0.3) is 0 Å². The Balaban J connectivity index is 4.79. The van der Waals surface area contributed by atoms with Crippen LogP contribution in [0, 0.1) is 5.92 Å². The Morgan fingerprint density at radius 3 is 2.23 bits per heavy atom. The third-order valence-corrected chi connectivity index (χ3v) is 4.50. The highest BCUT2D eigenvalue weighted by Crippen LogP contribution is 2.17. The highest BCUT2D eigenvalue weighted by Gasteiger charge is 2.39. The number of hydrogen-bond acceptors (Lipinski definition) is 6. The van der Waals surface area contributed by atoms with Crippen LogP contribution in [-0.4, -0.2) is 56.6 Å². The molecule has 0 aliphatic carbocycles. The molecule has 4 N–H and O–H groups in total. The van der Waals surface area contributed by atoms with E-state index < -0.39 is 11.8 Å². The van der Waals surface area contributed by atoms with Crippen molar-refractivity contribution in [1.29, 1.82) is 0 Å². The van der Waals surface area contributed by atoms with Crippen molar-refractivity contribution in [3.8, 4) is 0 Å². The lowest BCUT2D eigenvalue weighted by atomic mass is 9.97. The predicted molar refractivity (Wildman–Crippen MR) is 89.6 cm³/mol. The smallest absolute Gasteiger partial charge is 0.309 e. The van der Waals surface area contributed by atoms with Gasteiger partial charge in [0.25, 0.3) is 0 Å². The maximum Gasteiger partial charge on any atom is 0.309 e. The number of ether oxygens (including phenoxy) is 1. The summed E-state index contributed by atoms with van der Waals surface area (Å²) in [6, 6.07) is -0.152. The van der Waals surface area contributed by atoms with E-state index in [1.807, 2.05) is 13.8 Å². The fourth-order valence-corrected chi connectivity index (χ4v) is 2.48. The summed E-state index contributed by atoms with van der Waals surface area (Å²) in [6.07, 6.45) is 2.97. The van der Waals surface area contributed by atoms with Crippen LogP contribution in [0.1, 0.15) is 46.5 Å². The number of likely N-dealkylation sites (N-methyl/N-ethyl adjacent to an activating group) is 3. The van der Waals surface area contributed by atoms with E-state index >= 15 is 0 Å². The fraction of sp³-hybridized carbons (Fsp3) is 0.938. The number of aliphatic hydroxyl groups excluding tert-OH is 1. The first-order valence-corrected chi connectivity index (χ1v) is 8.32. The van der Waals surface area contributed by atoms with Gasteiger partial charge in [0.1, 0.15) is 18.4 Å². The lowest BCUT2D eigenvalue weighted by Gasteiger charge is -2.39. The second-order valence-electron chi connectivity index (χ2n) is 5.85. The second-order valence-corrected chi connectivity index (χ2v) is 5.85. The standard InChI is InChI=1S/C16H35N3O3/c1-7-9-10-13(8-2)15(21)22-11-16(18-5,19-6)14(20)12(3)17-4/h12-14,17-20H,7-11H2,1-6H3. The van der Waals surface area contributed by atoms with Crippen molar-refractivity contribution < 1.29 is 14.6 Å². The molecule has 0 bridgehead atoms. The van der Waals surface area contributed by atoms with Gasteiger partial charge < -0.3 is 15.2 Å². The molecule has 0 amide bonds. The lowest BCUT2D eigenvalue weighted by Crippen LogP contribution is -2.69. The maximum absolute atomic E-state index is 12.2. The molecule has 0 rings (SSSR count). The van der Waals surface area contributed by atoms with Crippen molar-refractivity contribution in [2.45, 2.75) is 64.3 Å². The Morgan fingerprint density at radius 1 is 1.23 bits per heavy atom. The number of unbranched alkanes of at least 4 members (excludes halogenated alkanes) is 1. The SMILES string of the molecule is CCCCC(CC)C(=O)OCC(NC)(NC)C(O)C(C)NC. The molecule has 6 nitrogen and oxygen atoms in total. The first kappa shape index (κ1) is 21.3. The zero-order chi connectivity index (χ0) is 17.2. The van der Waals surface area contributed by atoms with Crippen molar-refractivity contribution in [2.24, 2.45) is 5.92 Å². The molecule has 0 fully saturated rings. The van der Waals surface area contributed by atoms with Gasteiger partial charge in [0, 0.05) is 6.04 Å². The molecule has 3 atom stereocenters. The molecule has 0 saturated heterocycles. The van der Waals surface area contributed by atoms with Crippen molar-refractivity contribution in [3.63, 3.8) is 0 Å². The van der Waals surface area contributed by atoms with Crippen LogP contribution in [0.2, 0.25) is 0 Å². The van der Waals surface area contributed by atoms with Gasteiger partial charge in [-0.2, -0.15) is 0 Å². The van der Waals surface area contributed by atoms with Crippen LogP contribution >= 0.6 is 0 Å². The molecule has 3 unspecified atom stereocenters. The van der Waals surface area contributed by atoms with E-state index in [-0.39, 0.29) is 24.5 Å². The normalized spacial score (nSPS) is 16.1. The summed E-state index contributed by atoms with van der Waals surface area (Å²) in [5.41, 5.74) is -0.874. The van der Waals surface area contributed by atoms with Crippen LogP contribution in [0.4, 0.5) is 0 Å². The number of carbonyl (C=O) groups is 1. The summed E-state index contributed by atoms with van der Waals surface area (Å²) in [6.45, 7) is 6.07. The summed E-state index contributed by atoms with van der Waals surface area (Å²) in [5.74, 6) is -0.250. The van der Waals surface area contributed by atoms with Crippen LogP contribution in [-0.2, 0) is 9.53 Å². The molecular formula is C16H35N3O3. The summed E-state index contributed by atoms with van der Waals surface area (Å²) >= 11 is 0. The van der Waals surface area contributed by atoms with Crippen molar-refractivity contribution in [2.75, 3.05) is 27.7 Å². The molecule has 132 valence electrons. The van der Waals surface area contributed by atoms with E-state index in [1.54, 1.807) is 21.1 Å². The van der Waals surface area contributed by atoms with Crippen LogP contribution in [0.5, 0.6) is 0 Å². The minimum atomic E-state index is -0.874. The topological polar surface area (TPSA) is 82.6 Å². The predicted octanol–water partition coefficient (Wildman–Crippen LogP) is 0.850. The Kier molecular flexibility index (Phi) is 10.6. The van der Waals surface area contributed by atoms with E-state index in [2.05, 4.69) is 22.9 Å². The van der Waals surface area contributed by atoms with Crippen molar-refractivity contribution in [3.05, 3.63) is 0 Å². The molecule has 6 heteroatoms. The summed E-state index contributed by atoms with van der Waals surface area (Å²) < 4.78 is 5.50. The number of nitrogens with one attached hydrogen (secondary N) is 3. The minimum Gasteiger partial charge on any atom is -0.462 e. The summed E-state index contributed by atoms with van der Waals surface area (Å²) in [4.78, 5) is 12.2. The molecule has 0 heterocycles. The third kappa shape index (κ3) is 5.83. The highest BCUT2D eigenvalue weighted by atomic mass is 16.5. The Morgan fingerprint density at radius 2 is 1.82 bits per heavy atom. The van der Waals surface area contributed by atoms with Gasteiger partial charge in [-0.3, -0.25) is 15.4 Å². The largest absolute Gasteiger partial charge is 0.462 e. The summed E-state index contributed by atoms with van der Waals surface area (Å²) in [5, 5.41) is 19.6. The average Bonchev–Trinajstić information content (AvgIpc) is 2.55. The zero-order valence-electron chi connectivity index (χ0n) is 15.0. The molecule has 0 radical (unpaired) electrons. The van der Waals surface area contributed by atoms with E-state index in [9.17, 15) is 9.90 Å². The maximum atomic E-state index is 12.2. The molecule has 0 spiro atoms. The molecule has 0 aromatic heterocycles. The van der Waals surface area contributed by atoms with E-state index in [1.165, 1.54) is 0 Å². The minimum absolute atomic E-state index is 0.0646. The van der Waals surface area contributed by atoms with Gasteiger partial charge in [-0.15, -0.1) is 0 Å². The van der Waals surface area contributed by atoms with E-state index in [4.69, 9.17) is 4.74 Å². The van der Waals surface area contributed by atoms with Gasteiger partial charge in [0.15, 0.2) is 0 Å². The molecule has 0 aliphatic heterocycles. The second kappa shape index (κ2) is 10.9. The van der Waals surface area contributed by atoms with E-state index in [0.717, 1.165) is 25.7 Å². The van der Waals surface area contributed by atoms with Gasteiger partial charge in [-0.1, -0.05) is 26.7 Å². The van der Waals surface area contributed by atoms with Gasteiger partial charge in [-0.25, -0.2) is 0 Å². The van der Waals surface area contributed by atoms with Gasteiger partial charge >= 0.3 is 5.97 Å². The fourth-order valence-electron chi connectivity index (χ4n) is 2.48. The molecule has 22 heavy (non-hydrogen) atoms. The van der Waals surface area contributed by atoms with Gasteiger partial charge in [0.2, 0.25) is 0 Å². The quantitative estimate of drug-likeness (QED) is 0.316. The Labute approximate surface area is 135 Å². The number of carbonyl (C=O) groups excluding carboxylic acids is 1. The first-order chi connectivity index (χ1) is 10.4. The molecule has 0 aromatic rings. The summed E-state index contributed by atoms with van der Waals surface area (Å²) in [7, 11) is 5.27. The Hall–Kier alpha value is -0.690. The van der Waals surface area contributed by atoms with Gasteiger partial charge in [-0.05, 0) is 40.9 Å². The molecule has 0 saturated carbocycles. The number of esters is 1. The van der Waals surface area contributed by atoms with E-state index in [0.29, 0.717) is 0 Å². The zero-order valence-corrected chi connectivity index (χ0v) is 15.0. The van der Waals surface area contributed by atoms with Crippen molar-refractivity contribution in [1.82, 2.24) is 16.0 Å². The first-order valence-electron chi connectivity index (χ1n) is 8.32. The number of hydrogen-bond donors (Lipinski definition) is 4. The molecule has 0 aliphatic rings. The average molecular weight is 317 g/mol. The van der Waals surface area contributed by atoms with Gasteiger partial charge in [0.05, 0.1) is 5.92 Å². The Bertz CT molecular complexity index is 309. The molecule has 0 aromatic carbocycles. The van der Waals surface area contributed by atoms with Crippen LogP contribution < -0.4 is 16.0 Å². The van der Waals surface area contributed by atoms with Crippen LogP contribution in [0.3, 0.4) is 0 Å². The van der Waals surface area contributed by atoms with Crippen LogP contribution in [0.15, 0.2) is 0 Å². The third-order valence-electron chi connectivity index (χ3n) is 4.50. The number of rotatable bonds is 12. The monoisotopic (exact) mass is 317 g/mol. The lowest BCUT2D eigenvalue weighted by molar-refractivity contribution is -0.154. The highest BCUT2D eigenvalue weighted by molar-refractivity contribution is 5.72. The molecular weight excluding hydrogens is 282 g/mol. The van der Waals surface area contributed by atoms with Crippen molar-refractivity contribution >= 4 is 5.97 Å².